The zero-order valence-electron chi connectivity index (χ0n) is 11.7. The zero-order chi connectivity index (χ0) is 16.0. The molecule has 116 valence electrons. The quantitative estimate of drug-likeness (QED) is 0.820. The molecule has 1 aromatic carbocycles. The molecule has 6 nitrogen and oxygen atoms in total. The van der Waals surface area contributed by atoms with Crippen molar-refractivity contribution in [1.82, 2.24) is 4.90 Å². The Kier molecular flexibility index (Phi) is 3.81. The Labute approximate surface area is 122 Å². The molecule has 0 unspecified atom stereocenters. The number of nitrogens with two attached hydrogens (primary N) is 1. The minimum Gasteiger partial charge on any atom is -0.388 e. The number of amides is 1. The van der Waals surface area contributed by atoms with E-state index in [1.54, 1.807) is 13.8 Å². The van der Waals surface area contributed by atoms with Gasteiger partial charge in [-0.1, -0.05) is 6.92 Å². The van der Waals surface area contributed by atoms with Gasteiger partial charge in [0.25, 0.3) is 5.91 Å². The Morgan fingerprint density at radius 1 is 1.52 bits per heavy atom. The van der Waals surface area contributed by atoms with E-state index in [2.05, 4.69) is 0 Å². The first-order valence-corrected chi connectivity index (χ1v) is 7.91. The van der Waals surface area contributed by atoms with Crippen molar-refractivity contribution in [1.29, 1.82) is 0 Å². The van der Waals surface area contributed by atoms with Crippen LogP contribution in [0.5, 0.6) is 0 Å². The van der Waals surface area contributed by atoms with E-state index in [0.717, 1.165) is 18.2 Å². The molecule has 0 aromatic heterocycles. The zero-order valence-corrected chi connectivity index (χ0v) is 12.5. The number of β-amino-alcohol motifs (C(OH)–C–C–N with tert-alkyl or cyclic N) is 1. The first kappa shape index (κ1) is 15.9. The number of primary sulfonamides is 1. The van der Waals surface area contributed by atoms with Gasteiger partial charge in [0.1, 0.15) is 5.82 Å². The molecule has 1 aromatic rings. The number of sulfonamides is 1. The second kappa shape index (κ2) is 5.04. The molecule has 2 atom stereocenters. The molecule has 1 saturated heterocycles. The summed E-state index contributed by atoms with van der Waals surface area (Å²) in [4.78, 5) is 13.3. The monoisotopic (exact) mass is 316 g/mol. The standard InChI is InChI=1S/C13H17FN2O4S/c1-8-6-16(7-13(8,2)18)12(17)10-5-9(21(15,19)20)3-4-11(10)14/h3-5,8,18H,6-7H2,1-2H3,(H2,15,19,20)/t8-,13+/m1/s1. The summed E-state index contributed by atoms with van der Waals surface area (Å²) < 4.78 is 36.4. The number of nitrogens with zero attached hydrogens (tertiary/aromatic N) is 1. The van der Waals surface area contributed by atoms with Crippen molar-refractivity contribution in [2.45, 2.75) is 24.3 Å². The minimum absolute atomic E-state index is 0.0616. The molecule has 1 aliphatic rings. The predicted molar refractivity (Wildman–Crippen MR) is 73.5 cm³/mol. The van der Waals surface area contributed by atoms with Crippen molar-refractivity contribution in [2.75, 3.05) is 13.1 Å². The Bertz CT molecular complexity index is 687. The van der Waals surface area contributed by atoms with Crippen LogP contribution in [0.2, 0.25) is 0 Å². The van der Waals surface area contributed by atoms with E-state index in [1.807, 2.05) is 0 Å². The lowest BCUT2D eigenvalue weighted by atomic mass is 9.95. The van der Waals surface area contributed by atoms with Gasteiger partial charge in [0.2, 0.25) is 10.0 Å². The van der Waals surface area contributed by atoms with Gasteiger partial charge in [-0.2, -0.15) is 0 Å². The van der Waals surface area contributed by atoms with E-state index >= 15 is 0 Å². The summed E-state index contributed by atoms with van der Waals surface area (Å²) in [7, 11) is -4.02. The molecular formula is C13H17FN2O4S. The molecule has 1 aliphatic heterocycles. The molecule has 0 radical (unpaired) electrons. The highest BCUT2D eigenvalue weighted by Crippen LogP contribution is 2.28. The maximum atomic E-state index is 13.8. The number of rotatable bonds is 2. The van der Waals surface area contributed by atoms with Crippen molar-refractivity contribution in [3.8, 4) is 0 Å². The highest BCUT2D eigenvalue weighted by Gasteiger charge is 2.41. The van der Waals surface area contributed by atoms with Gasteiger partial charge in [-0.3, -0.25) is 4.79 Å². The molecule has 1 amide bonds. The minimum atomic E-state index is -4.02. The fourth-order valence-electron chi connectivity index (χ4n) is 2.30. The average molecular weight is 316 g/mol. The summed E-state index contributed by atoms with van der Waals surface area (Å²) in [5.74, 6) is -1.65. The molecule has 1 heterocycles. The number of carbonyl (C=O) groups excluding carboxylic acids is 1. The van der Waals surface area contributed by atoms with E-state index in [4.69, 9.17) is 5.14 Å². The number of hydrogen-bond acceptors (Lipinski definition) is 4. The molecular weight excluding hydrogens is 299 g/mol. The Morgan fingerprint density at radius 2 is 2.14 bits per heavy atom. The van der Waals surface area contributed by atoms with Gasteiger partial charge in [0.15, 0.2) is 0 Å². The smallest absolute Gasteiger partial charge is 0.256 e. The molecule has 0 bridgehead atoms. The van der Waals surface area contributed by atoms with Crippen LogP contribution < -0.4 is 5.14 Å². The van der Waals surface area contributed by atoms with E-state index in [1.165, 1.54) is 4.90 Å². The van der Waals surface area contributed by atoms with Crippen molar-refractivity contribution in [2.24, 2.45) is 11.1 Å². The molecule has 2 rings (SSSR count). The molecule has 0 saturated carbocycles. The number of carbonyl (C=O) groups is 1. The normalized spacial score (nSPS) is 26.1. The molecule has 0 spiro atoms. The third-order valence-electron chi connectivity index (χ3n) is 3.85. The van der Waals surface area contributed by atoms with Crippen molar-refractivity contribution in [3.05, 3.63) is 29.6 Å². The first-order chi connectivity index (χ1) is 9.52. The van der Waals surface area contributed by atoms with E-state index in [-0.39, 0.29) is 29.5 Å². The molecule has 0 aliphatic carbocycles. The summed E-state index contributed by atoms with van der Waals surface area (Å²) in [6.07, 6.45) is 0. The van der Waals surface area contributed by atoms with Crippen LogP contribution >= 0.6 is 0 Å². The topological polar surface area (TPSA) is 101 Å². The van der Waals surface area contributed by atoms with Crippen molar-refractivity contribution >= 4 is 15.9 Å². The maximum absolute atomic E-state index is 13.8. The summed E-state index contributed by atoms with van der Waals surface area (Å²) in [6, 6.07) is 2.82. The van der Waals surface area contributed by atoms with Crippen LogP contribution in [0.25, 0.3) is 0 Å². The van der Waals surface area contributed by atoms with Gasteiger partial charge in [-0.05, 0) is 25.1 Å². The van der Waals surface area contributed by atoms with Gasteiger partial charge >= 0.3 is 0 Å². The van der Waals surface area contributed by atoms with Gasteiger partial charge in [-0.25, -0.2) is 17.9 Å². The predicted octanol–water partition coefficient (Wildman–Crippen LogP) is 0.316. The van der Waals surface area contributed by atoms with Gasteiger partial charge in [-0.15, -0.1) is 0 Å². The van der Waals surface area contributed by atoms with Crippen LogP contribution in [0.15, 0.2) is 23.1 Å². The lowest BCUT2D eigenvalue weighted by Gasteiger charge is -2.20. The van der Waals surface area contributed by atoms with Crippen molar-refractivity contribution < 1.29 is 22.7 Å². The molecule has 3 N–H and O–H groups in total. The highest BCUT2D eigenvalue weighted by atomic mass is 32.2. The number of hydrogen-bond donors (Lipinski definition) is 2. The maximum Gasteiger partial charge on any atom is 0.256 e. The first-order valence-electron chi connectivity index (χ1n) is 6.36. The molecule has 1 fully saturated rings. The van der Waals surface area contributed by atoms with Crippen LogP contribution in [0, 0.1) is 11.7 Å². The third-order valence-corrected chi connectivity index (χ3v) is 4.76. The second-order valence-electron chi connectivity index (χ2n) is 5.63. The SMILES string of the molecule is C[C@@H]1CN(C(=O)c2cc(S(N)(=O)=O)ccc2F)C[C@]1(C)O. The van der Waals surface area contributed by atoms with E-state index in [9.17, 15) is 22.7 Å². The number of aliphatic hydroxyl groups is 1. The highest BCUT2D eigenvalue weighted by molar-refractivity contribution is 7.89. The van der Waals surface area contributed by atoms with E-state index < -0.39 is 27.3 Å². The fraction of sp³-hybridized carbons (Fsp3) is 0.462. The summed E-state index contributed by atoms with van der Waals surface area (Å²) in [5.41, 5.74) is -1.42. The van der Waals surface area contributed by atoms with Crippen molar-refractivity contribution in [3.63, 3.8) is 0 Å². The summed E-state index contributed by atoms with van der Waals surface area (Å²) in [6.45, 7) is 3.71. The lowest BCUT2D eigenvalue weighted by Crippen LogP contribution is -2.35. The van der Waals surface area contributed by atoms with Gasteiger partial charge in [0.05, 0.1) is 16.1 Å². The summed E-state index contributed by atoms with van der Waals surface area (Å²) in [5, 5.41) is 15.1. The second-order valence-corrected chi connectivity index (χ2v) is 7.19. The molecule has 21 heavy (non-hydrogen) atoms. The van der Waals surface area contributed by atoms with Crippen LogP contribution in [0.4, 0.5) is 4.39 Å². The largest absolute Gasteiger partial charge is 0.388 e. The number of benzene rings is 1. The van der Waals surface area contributed by atoms with Gasteiger partial charge in [0, 0.05) is 19.0 Å². The molecule has 8 heteroatoms. The Balaban J connectivity index is 2.37. The van der Waals surface area contributed by atoms with E-state index in [0.29, 0.717) is 0 Å². The van der Waals surface area contributed by atoms with Crippen LogP contribution in [-0.2, 0) is 10.0 Å². The lowest BCUT2D eigenvalue weighted by molar-refractivity contribution is 0.0350. The number of halogens is 1. The third kappa shape index (κ3) is 3.07. The summed E-state index contributed by atoms with van der Waals surface area (Å²) >= 11 is 0. The fourth-order valence-corrected chi connectivity index (χ4v) is 2.84. The number of likely N-dealkylation sites (tertiary alicyclic amines) is 1. The Hall–Kier alpha value is -1.51. The average Bonchev–Trinajstić information content (AvgIpc) is 2.62. The van der Waals surface area contributed by atoms with Crippen LogP contribution in [0.1, 0.15) is 24.2 Å². The Morgan fingerprint density at radius 3 is 2.62 bits per heavy atom. The van der Waals surface area contributed by atoms with Crippen LogP contribution in [-0.4, -0.2) is 43.0 Å². The van der Waals surface area contributed by atoms with Crippen LogP contribution in [0.3, 0.4) is 0 Å². The van der Waals surface area contributed by atoms with Gasteiger partial charge < -0.3 is 10.0 Å².